The molecule has 2 aliphatic carbocycles. The first-order chi connectivity index (χ1) is 14.4. The highest BCUT2D eigenvalue weighted by Gasteiger charge is 2.29. The fraction of sp³-hybridized carbons (Fsp3) is 0.840. The number of hydrogen-bond donors (Lipinski definition) is 2. The minimum absolute atomic E-state index is 0.120. The highest BCUT2D eigenvalue weighted by atomic mass is 16.2. The molecule has 0 radical (unpaired) electrons. The van der Waals surface area contributed by atoms with Crippen molar-refractivity contribution in [2.24, 2.45) is 32.9 Å². The molecule has 6 heteroatoms. The van der Waals surface area contributed by atoms with E-state index >= 15 is 0 Å². The van der Waals surface area contributed by atoms with Crippen molar-refractivity contribution < 1.29 is 9.59 Å². The molecule has 0 unspecified atom stereocenters. The van der Waals surface area contributed by atoms with E-state index in [2.05, 4.69) is 62.6 Å². The molecule has 31 heavy (non-hydrogen) atoms. The third-order valence-corrected chi connectivity index (χ3v) is 7.06. The van der Waals surface area contributed by atoms with Crippen LogP contribution in [0.2, 0.25) is 0 Å². The Kier molecular flexibility index (Phi) is 9.26. The lowest BCUT2D eigenvalue weighted by Crippen LogP contribution is -2.28. The van der Waals surface area contributed by atoms with Crippen LogP contribution in [-0.4, -0.2) is 23.2 Å². The molecule has 0 aromatic rings. The Bertz CT molecular complexity index is 605. The monoisotopic (exact) mass is 432 g/mol. The SMILES string of the molecule is CC(C)(C)C1CCC(=NNC(=O)CCCC(=O)NN=C2CCC(C(C)(C)C)CC2)CC1. The lowest BCUT2D eigenvalue weighted by molar-refractivity contribution is -0.122. The van der Waals surface area contributed by atoms with Gasteiger partial charge in [-0.25, -0.2) is 10.9 Å². The lowest BCUT2D eigenvalue weighted by Gasteiger charge is -2.34. The number of rotatable bonds is 6. The summed E-state index contributed by atoms with van der Waals surface area (Å²) in [6, 6.07) is 0. The molecule has 0 heterocycles. The molecular weight excluding hydrogens is 388 g/mol. The van der Waals surface area contributed by atoms with Gasteiger partial charge in [0.05, 0.1) is 0 Å². The average Bonchev–Trinajstić information content (AvgIpc) is 2.70. The molecule has 2 aliphatic rings. The fourth-order valence-electron chi connectivity index (χ4n) is 4.66. The maximum Gasteiger partial charge on any atom is 0.240 e. The third-order valence-electron chi connectivity index (χ3n) is 7.06. The van der Waals surface area contributed by atoms with Crippen LogP contribution in [0.1, 0.15) is 112 Å². The molecule has 2 rings (SSSR count). The van der Waals surface area contributed by atoms with E-state index in [0.717, 1.165) is 74.6 Å². The van der Waals surface area contributed by atoms with Gasteiger partial charge in [-0.05, 0) is 80.5 Å². The lowest BCUT2D eigenvalue weighted by atomic mass is 9.72. The Morgan fingerprint density at radius 1 is 0.710 bits per heavy atom. The predicted octanol–water partition coefficient (Wildman–Crippen LogP) is 5.57. The molecule has 0 spiro atoms. The van der Waals surface area contributed by atoms with Crippen molar-refractivity contribution in [2.75, 3.05) is 0 Å². The maximum atomic E-state index is 12.0. The second-order valence-corrected chi connectivity index (χ2v) is 11.6. The number of nitrogens with one attached hydrogen (secondary N) is 2. The van der Waals surface area contributed by atoms with E-state index in [9.17, 15) is 9.59 Å². The fourth-order valence-corrected chi connectivity index (χ4v) is 4.66. The van der Waals surface area contributed by atoms with Crippen LogP contribution >= 0.6 is 0 Å². The largest absolute Gasteiger partial charge is 0.273 e. The number of carbonyl (C=O) groups excluding carboxylic acids is 2. The van der Waals surface area contributed by atoms with Gasteiger partial charge in [-0.15, -0.1) is 0 Å². The third kappa shape index (κ3) is 9.12. The molecule has 0 bridgehead atoms. The van der Waals surface area contributed by atoms with Gasteiger partial charge in [-0.1, -0.05) is 41.5 Å². The number of carbonyl (C=O) groups is 2. The van der Waals surface area contributed by atoms with Crippen LogP contribution in [0.25, 0.3) is 0 Å². The minimum atomic E-state index is -0.120. The van der Waals surface area contributed by atoms with Crippen LogP contribution in [0.15, 0.2) is 10.2 Å². The molecule has 0 aliphatic heterocycles. The van der Waals surface area contributed by atoms with Gasteiger partial charge in [0.25, 0.3) is 0 Å². The summed E-state index contributed by atoms with van der Waals surface area (Å²) in [6.45, 7) is 13.8. The average molecular weight is 433 g/mol. The number of hydrogen-bond acceptors (Lipinski definition) is 4. The summed E-state index contributed by atoms with van der Waals surface area (Å²) in [4.78, 5) is 24.1. The second-order valence-electron chi connectivity index (χ2n) is 11.6. The van der Waals surface area contributed by atoms with Crippen LogP contribution in [0.5, 0.6) is 0 Å². The van der Waals surface area contributed by atoms with E-state index < -0.39 is 0 Å². The van der Waals surface area contributed by atoms with Crippen molar-refractivity contribution in [3.8, 4) is 0 Å². The topological polar surface area (TPSA) is 82.9 Å². The first-order valence-electron chi connectivity index (χ1n) is 12.1. The van der Waals surface area contributed by atoms with E-state index in [1.54, 1.807) is 0 Å². The summed E-state index contributed by atoms with van der Waals surface area (Å²) in [6.07, 6.45) is 9.50. The second kappa shape index (κ2) is 11.2. The number of nitrogens with zero attached hydrogens (tertiary/aromatic N) is 2. The summed E-state index contributed by atoms with van der Waals surface area (Å²) < 4.78 is 0. The smallest absolute Gasteiger partial charge is 0.240 e. The van der Waals surface area contributed by atoms with Crippen molar-refractivity contribution in [3.05, 3.63) is 0 Å². The van der Waals surface area contributed by atoms with Crippen LogP contribution < -0.4 is 10.9 Å². The zero-order valence-electron chi connectivity index (χ0n) is 20.6. The van der Waals surface area contributed by atoms with Crippen molar-refractivity contribution in [1.82, 2.24) is 10.9 Å². The highest BCUT2D eigenvalue weighted by molar-refractivity contribution is 5.88. The van der Waals surface area contributed by atoms with Gasteiger partial charge in [-0.3, -0.25) is 9.59 Å². The highest BCUT2D eigenvalue weighted by Crippen LogP contribution is 2.37. The van der Waals surface area contributed by atoms with Gasteiger partial charge >= 0.3 is 0 Å². The number of amides is 2. The Morgan fingerprint density at radius 2 is 1.03 bits per heavy atom. The molecule has 0 saturated heterocycles. The van der Waals surface area contributed by atoms with Crippen LogP contribution in [0.3, 0.4) is 0 Å². The van der Waals surface area contributed by atoms with Gasteiger partial charge < -0.3 is 0 Å². The molecule has 6 nitrogen and oxygen atoms in total. The summed E-state index contributed by atoms with van der Waals surface area (Å²) >= 11 is 0. The van der Waals surface area contributed by atoms with Gasteiger partial charge in [0, 0.05) is 24.3 Å². The van der Waals surface area contributed by atoms with Gasteiger partial charge in [-0.2, -0.15) is 10.2 Å². The quantitative estimate of drug-likeness (QED) is 0.538. The van der Waals surface area contributed by atoms with Crippen molar-refractivity contribution in [2.45, 2.75) is 112 Å². The van der Waals surface area contributed by atoms with Gasteiger partial charge in [0.1, 0.15) is 0 Å². The Morgan fingerprint density at radius 3 is 1.32 bits per heavy atom. The van der Waals surface area contributed by atoms with E-state index in [1.807, 2.05) is 0 Å². The Balaban J connectivity index is 1.60. The Hall–Kier alpha value is -1.72. The first kappa shape index (κ1) is 25.5. The van der Waals surface area contributed by atoms with Crippen LogP contribution in [-0.2, 0) is 9.59 Å². The summed E-state index contributed by atoms with van der Waals surface area (Å²) in [5.41, 5.74) is 8.19. The van der Waals surface area contributed by atoms with Crippen LogP contribution in [0.4, 0.5) is 0 Å². The molecule has 2 amide bonds. The van der Waals surface area contributed by atoms with E-state index in [4.69, 9.17) is 0 Å². The maximum absolute atomic E-state index is 12.0. The van der Waals surface area contributed by atoms with Crippen molar-refractivity contribution in [3.63, 3.8) is 0 Å². The zero-order chi connectivity index (χ0) is 23.1. The Labute approximate surface area is 189 Å². The first-order valence-corrected chi connectivity index (χ1v) is 12.1. The standard InChI is InChI=1S/C25H44N4O2/c1-24(2,3)18-10-14-20(15-11-18)26-28-22(30)8-7-9-23(31)29-27-21-16-12-19(13-17-21)25(4,5)6/h18-19H,7-17H2,1-6H3,(H,28,30)(H,29,31). The summed E-state index contributed by atoms with van der Waals surface area (Å²) in [5, 5.41) is 8.63. The summed E-state index contributed by atoms with van der Waals surface area (Å²) in [7, 11) is 0. The van der Waals surface area contributed by atoms with Gasteiger partial charge in [0.2, 0.25) is 11.8 Å². The van der Waals surface area contributed by atoms with Gasteiger partial charge in [0.15, 0.2) is 0 Å². The van der Waals surface area contributed by atoms with Crippen LogP contribution in [0, 0.1) is 22.7 Å². The van der Waals surface area contributed by atoms with Crippen molar-refractivity contribution >= 4 is 23.2 Å². The molecule has 176 valence electrons. The molecule has 2 N–H and O–H groups in total. The van der Waals surface area contributed by atoms with E-state index in [-0.39, 0.29) is 11.8 Å². The molecule has 2 fully saturated rings. The van der Waals surface area contributed by atoms with E-state index in [0.29, 0.717) is 30.1 Å². The minimum Gasteiger partial charge on any atom is -0.273 e. The molecule has 0 atom stereocenters. The zero-order valence-corrected chi connectivity index (χ0v) is 20.6. The summed E-state index contributed by atoms with van der Waals surface area (Å²) in [5.74, 6) is 1.20. The number of hydrazone groups is 2. The molecule has 0 aromatic heterocycles. The molecular formula is C25H44N4O2. The normalized spacial score (nSPS) is 22.6. The van der Waals surface area contributed by atoms with E-state index in [1.165, 1.54) is 0 Å². The molecule has 2 saturated carbocycles. The molecule has 0 aromatic carbocycles. The predicted molar refractivity (Wildman–Crippen MR) is 128 cm³/mol. The van der Waals surface area contributed by atoms with Crippen molar-refractivity contribution in [1.29, 1.82) is 0 Å².